The van der Waals surface area contributed by atoms with Crippen LogP contribution < -0.4 is 0 Å². The first-order chi connectivity index (χ1) is 5.68. The van der Waals surface area contributed by atoms with Gasteiger partial charge in [0.2, 0.25) is 0 Å². The Morgan fingerprint density at radius 2 is 2.08 bits per heavy atom. The Kier molecular flexibility index (Phi) is 2.54. The van der Waals surface area contributed by atoms with Crippen LogP contribution in [0.3, 0.4) is 0 Å². The summed E-state index contributed by atoms with van der Waals surface area (Å²) in [5, 5.41) is 16.0. The van der Waals surface area contributed by atoms with Crippen molar-refractivity contribution in [2.24, 2.45) is 10.2 Å². The van der Waals surface area contributed by atoms with E-state index in [1.165, 1.54) is 6.92 Å². The minimum absolute atomic E-state index is 0.337. The molecule has 4 nitrogen and oxygen atoms in total. The molecule has 1 aliphatic carbocycles. The minimum Gasteiger partial charge on any atom is -0.271 e. The molecule has 64 valence electrons. The van der Waals surface area contributed by atoms with Gasteiger partial charge in [0.05, 0.1) is 6.07 Å². The van der Waals surface area contributed by atoms with Crippen molar-refractivity contribution in [3.8, 4) is 6.07 Å². The average molecular weight is 165 g/mol. The molecule has 1 rings (SSSR count). The summed E-state index contributed by atoms with van der Waals surface area (Å²) in [5.41, 5.74) is -0.689. The van der Waals surface area contributed by atoms with Crippen molar-refractivity contribution in [2.45, 2.75) is 38.1 Å². The Labute approximate surface area is 71.3 Å². The molecule has 1 saturated carbocycles. The van der Waals surface area contributed by atoms with Gasteiger partial charge in [-0.1, -0.05) is 0 Å². The molecule has 0 unspecified atom stereocenters. The molecule has 0 aromatic heterocycles. The van der Waals surface area contributed by atoms with E-state index in [1.54, 1.807) is 0 Å². The van der Waals surface area contributed by atoms with Crippen molar-refractivity contribution in [1.29, 1.82) is 5.26 Å². The fraction of sp³-hybridized carbons (Fsp3) is 0.750. The molecule has 0 aliphatic heterocycles. The van der Waals surface area contributed by atoms with Gasteiger partial charge >= 0.3 is 0 Å². The first-order valence-electron chi connectivity index (χ1n) is 4.03. The standard InChI is InChI=1S/C8H11N3O/c1-7(12)10-11-8(6-9)4-2-3-5-8/h2-5H2,1H3. The van der Waals surface area contributed by atoms with Crippen LogP contribution in [-0.4, -0.2) is 11.4 Å². The number of carbonyl (C=O) groups excluding carboxylic acids is 1. The molecule has 0 heterocycles. The Morgan fingerprint density at radius 1 is 1.50 bits per heavy atom. The van der Waals surface area contributed by atoms with E-state index in [0.717, 1.165) is 25.7 Å². The first-order valence-corrected chi connectivity index (χ1v) is 4.03. The van der Waals surface area contributed by atoms with E-state index in [-0.39, 0.29) is 5.91 Å². The zero-order valence-corrected chi connectivity index (χ0v) is 7.08. The van der Waals surface area contributed by atoms with Gasteiger partial charge in [-0.2, -0.15) is 10.4 Å². The van der Waals surface area contributed by atoms with Crippen LogP contribution in [0.1, 0.15) is 32.6 Å². The smallest absolute Gasteiger partial charge is 0.261 e. The van der Waals surface area contributed by atoms with Gasteiger partial charge in [0, 0.05) is 6.92 Å². The van der Waals surface area contributed by atoms with Crippen LogP contribution in [0.25, 0.3) is 0 Å². The molecule has 0 N–H and O–H groups in total. The predicted molar refractivity (Wildman–Crippen MR) is 42.3 cm³/mol. The van der Waals surface area contributed by atoms with Crippen LogP contribution in [0.15, 0.2) is 10.2 Å². The zero-order valence-electron chi connectivity index (χ0n) is 7.08. The molecule has 0 atom stereocenters. The summed E-state index contributed by atoms with van der Waals surface area (Å²) < 4.78 is 0. The van der Waals surface area contributed by atoms with Crippen molar-refractivity contribution in [3.63, 3.8) is 0 Å². The summed E-state index contributed by atoms with van der Waals surface area (Å²) in [6.45, 7) is 1.34. The summed E-state index contributed by atoms with van der Waals surface area (Å²) in [6.07, 6.45) is 3.48. The van der Waals surface area contributed by atoms with E-state index in [1.807, 2.05) is 0 Å². The molecule has 1 aliphatic rings. The Bertz CT molecular complexity index is 246. The Morgan fingerprint density at radius 3 is 2.50 bits per heavy atom. The van der Waals surface area contributed by atoms with E-state index in [0.29, 0.717) is 0 Å². The summed E-state index contributed by atoms with van der Waals surface area (Å²) >= 11 is 0. The number of hydrogen-bond acceptors (Lipinski definition) is 3. The lowest BCUT2D eigenvalue weighted by atomic mass is 10.0. The van der Waals surface area contributed by atoms with Crippen molar-refractivity contribution in [2.75, 3.05) is 0 Å². The molecule has 0 radical (unpaired) electrons. The minimum atomic E-state index is -0.689. The largest absolute Gasteiger partial charge is 0.271 e. The number of nitriles is 1. The topological polar surface area (TPSA) is 65.6 Å². The Balaban J connectivity index is 2.69. The molecule has 0 spiro atoms. The normalized spacial score (nSPS) is 21.0. The van der Waals surface area contributed by atoms with E-state index in [4.69, 9.17) is 5.26 Å². The van der Waals surface area contributed by atoms with Gasteiger partial charge in [-0.3, -0.25) is 4.79 Å². The van der Waals surface area contributed by atoms with Crippen molar-refractivity contribution >= 4 is 5.91 Å². The molecule has 0 aromatic carbocycles. The summed E-state index contributed by atoms with van der Waals surface area (Å²) in [4.78, 5) is 10.5. The van der Waals surface area contributed by atoms with E-state index in [9.17, 15) is 4.79 Å². The van der Waals surface area contributed by atoms with E-state index in [2.05, 4.69) is 16.3 Å². The molecular weight excluding hydrogens is 154 g/mol. The lowest BCUT2D eigenvalue weighted by Crippen LogP contribution is -2.18. The first kappa shape index (κ1) is 8.85. The maximum atomic E-state index is 10.5. The van der Waals surface area contributed by atoms with Crippen LogP contribution >= 0.6 is 0 Å². The lowest BCUT2D eigenvalue weighted by Gasteiger charge is -2.10. The van der Waals surface area contributed by atoms with Gasteiger partial charge < -0.3 is 0 Å². The maximum absolute atomic E-state index is 10.5. The highest BCUT2D eigenvalue weighted by molar-refractivity contribution is 5.73. The van der Waals surface area contributed by atoms with Crippen molar-refractivity contribution in [3.05, 3.63) is 0 Å². The summed E-state index contributed by atoms with van der Waals surface area (Å²) in [7, 11) is 0. The molecule has 12 heavy (non-hydrogen) atoms. The van der Waals surface area contributed by atoms with Gasteiger partial charge in [0.15, 0.2) is 5.54 Å². The number of carbonyl (C=O) groups is 1. The zero-order chi connectivity index (χ0) is 9.03. The van der Waals surface area contributed by atoms with Crippen molar-refractivity contribution in [1.82, 2.24) is 0 Å². The van der Waals surface area contributed by atoms with Gasteiger partial charge in [-0.25, -0.2) is 0 Å². The Hall–Kier alpha value is -1.24. The number of rotatable bonds is 1. The monoisotopic (exact) mass is 165 g/mol. The quantitative estimate of drug-likeness (QED) is 0.556. The number of hydrogen-bond donors (Lipinski definition) is 0. The molecular formula is C8H11N3O. The number of amides is 1. The molecule has 1 fully saturated rings. The average Bonchev–Trinajstić information content (AvgIpc) is 2.50. The second kappa shape index (κ2) is 3.44. The van der Waals surface area contributed by atoms with Crippen LogP contribution in [-0.2, 0) is 4.79 Å². The SMILES string of the molecule is CC(=O)N=NC1(C#N)CCCC1. The van der Waals surface area contributed by atoms with Gasteiger partial charge in [0.1, 0.15) is 0 Å². The van der Waals surface area contributed by atoms with Gasteiger partial charge in [0.25, 0.3) is 5.91 Å². The van der Waals surface area contributed by atoms with Gasteiger partial charge in [-0.05, 0) is 25.7 Å². The molecule has 0 aromatic rings. The predicted octanol–water partition coefficient (Wildman–Crippen LogP) is 1.82. The summed E-state index contributed by atoms with van der Waals surface area (Å²) in [6, 6.07) is 2.12. The van der Waals surface area contributed by atoms with Crippen LogP contribution in [0.4, 0.5) is 0 Å². The van der Waals surface area contributed by atoms with Crippen molar-refractivity contribution < 1.29 is 4.79 Å². The molecule has 0 bridgehead atoms. The second-order valence-corrected chi connectivity index (χ2v) is 3.07. The maximum Gasteiger partial charge on any atom is 0.261 e. The highest BCUT2D eigenvalue weighted by Gasteiger charge is 2.34. The fourth-order valence-electron chi connectivity index (χ4n) is 1.36. The van der Waals surface area contributed by atoms with E-state index < -0.39 is 5.54 Å². The number of azo groups is 1. The third kappa shape index (κ3) is 1.88. The molecule has 0 saturated heterocycles. The molecule has 1 amide bonds. The molecule has 4 heteroatoms. The van der Waals surface area contributed by atoms with Crippen LogP contribution in [0.2, 0.25) is 0 Å². The lowest BCUT2D eigenvalue weighted by molar-refractivity contribution is -0.116. The highest BCUT2D eigenvalue weighted by atomic mass is 16.1. The highest BCUT2D eigenvalue weighted by Crippen LogP contribution is 2.32. The summed E-state index contributed by atoms with van der Waals surface area (Å²) in [5.74, 6) is -0.337. The van der Waals surface area contributed by atoms with E-state index >= 15 is 0 Å². The second-order valence-electron chi connectivity index (χ2n) is 3.07. The fourth-order valence-corrected chi connectivity index (χ4v) is 1.36. The third-order valence-corrected chi connectivity index (χ3v) is 2.02. The third-order valence-electron chi connectivity index (χ3n) is 2.02. The van der Waals surface area contributed by atoms with Crippen LogP contribution in [0, 0.1) is 11.3 Å². The van der Waals surface area contributed by atoms with Gasteiger partial charge in [-0.15, -0.1) is 5.11 Å². The number of nitrogens with zero attached hydrogens (tertiary/aromatic N) is 3. The van der Waals surface area contributed by atoms with Crippen LogP contribution in [0.5, 0.6) is 0 Å².